The van der Waals surface area contributed by atoms with Crippen molar-refractivity contribution in [2.24, 2.45) is 0 Å². The highest BCUT2D eigenvalue weighted by molar-refractivity contribution is 5.85. The number of carboxylic acid groups (broad SMARTS) is 1. The van der Waals surface area contributed by atoms with Gasteiger partial charge in [0, 0.05) is 11.6 Å². The summed E-state index contributed by atoms with van der Waals surface area (Å²) in [6.07, 6.45) is 6.22. The Hall–Kier alpha value is -1.58. The molecule has 18 heavy (non-hydrogen) atoms. The number of carbonyl (C=O) groups excluding carboxylic acids is 1. The molecule has 0 aliphatic rings. The van der Waals surface area contributed by atoms with Crippen LogP contribution in [0.1, 0.15) is 46.0 Å². The van der Waals surface area contributed by atoms with Gasteiger partial charge in [-0.2, -0.15) is 0 Å². The molecule has 4 nitrogen and oxygen atoms in total. The molecule has 0 aromatic carbocycles. The Morgan fingerprint density at radius 2 is 1.83 bits per heavy atom. The third-order valence-corrected chi connectivity index (χ3v) is 2.09. The molecule has 0 atom stereocenters. The van der Waals surface area contributed by atoms with Crippen molar-refractivity contribution in [3.63, 3.8) is 0 Å². The molecule has 0 heterocycles. The van der Waals surface area contributed by atoms with Crippen molar-refractivity contribution >= 4 is 11.9 Å². The number of esters is 1. The summed E-state index contributed by atoms with van der Waals surface area (Å²) in [6.45, 7) is 11.0. The van der Waals surface area contributed by atoms with Crippen LogP contribution in [0.15, 0.2) is 24.8 Å². The van der Waals surface area contributed by atoms with E-state index in [1.807, 2.05) is 0 Å². The van der Waals surface area contributed by atoms with E-state index in [9.17, 15) is 9.59 Å². The molecule has 0 bridgehead atoms. The van der Waals surface area contributed by atoms with Crippen LogP contribution in [0.3, 0.4) is 0 Å². The lowest BCUT2D eigenvalue weighted by Gasteiger charge is -1.98. The standard InChI is InChI=1S/C9H16O2.C5H8O2/c1-3-4-5-6-7-8(2)9(10)11;1-3-5(6)7-4-2/h2-7H2,1H3,(H,10,11);3H,1,4H2,2H3. The molecule has 104 valence electrons. The third kappa shape index (κ3) is 14.4. The molecule has 0 rings (SSSR count). The SMILES string of the molecule is C=C(CCCCCC)C(=O)O.C=CC(=O)OCC. The average Bonchev–Trinajstić information content (AvgIpc) is 2.35. The summed E-state index contributed by atoms with van der Waals surface area (Å²) in [7, 11) is 0. The number of ether oxygens (including phenoxy) is 1. The smallest absolute Gasteiger partial charge is 0.330 e. The topological polar surface area (TPSA) is 63.6 Å². The predicted molar refractivity (Wildman–Crippen MR) is 72.4 cm³/mol. The third-order valence-electron chi connectivity index (χ3n) is 2.09. The van der Waals surface area contributed by atoms with Crippen LogP contribution in [0.5, 0.6) is 0 Å². The van der Waals surface area contributed by atoms with E-state index >= 15 is 0 Å². The van der Waals surface area contributed by atoms with Crippen molar-refractivity contribution in [2.45, 2.75) is 46.0 Å². The fourth-order valence-electron chi connectivity index (χ4n) is 1.07. The first-order chi connectivity index (χ1) is 8.49. The van der Waals surface area contributed by atoms with E-state index < -0.39 is 5.97 Å². The summed E-state index contributed by atoms with van der Waals surface area (Å²) >= 11 is 0. The van der Waals surface area contributed by atoms with E-state index in [0.717, 1.165) is 18.9 Å². The highest BCUT2D eigenvalue weighted by Crippen LogP contribution is 2.07. The zero-order valence-electron chi connectivity index (χ0n) is 11.4. The molecule has 1 N–H and O–H groups in total. The van der Waals surface area contributed by atoms with Crippen molar-refractivity contribution in [1.29, 1.82) is 0 Å². The number of rotatable bonds is 8. The lowest BCUT2D eigenvalue weighted by molar-refractivity contribution is -0.137. The van der Waals surface area contributed by atoms with E-state index in [0.29, 0.717) is 18.6 Å². The first kappa shape index (κ1) is 18.8. The van der Waals surface area contributed by atoms with Gasteiger partial charge in [-0.05, 0) is 19.8 Å². The monoisotopic (exact) mass is 256 g/mol. The van der Waals surface area contributed by atoms with Crippen molar-refractivity contribution in [3.8, 4) is 0 Å². The summed E-state index contributed by atoms with van der Waals surface area (Å²) in [5.41, 5.74) is 0.334. The molecule has 0 unspecified atom stereocenters. The van der Waals surface area contributed by atoms with Crippen LogP contribution in [0, 0.1) is 0 Å². The van der Waals surface area contributed by atoms with Gasteiger partial charge in [-0.25, -0.2) is 9.59 Å². The Morgan fingerprint density at radius 1 is 1.22 bits per heavy atom. The zero-order chi connectivity index (χ0) is 14.4. The van der Waals surface area contributed by atoms with Gasteiger partial charge in [0.15, 0.2) is 0 Å². The van der Waals surface area contributed by atoms with Crippen LogP contribution < -0.4 is 0 Å². The van der Waals surface area contributed by atoms with Gasteiger partial charge in [-0.1, -0.05) is 39.3 Å². The van der Waals surface area contributed by atoms with Crippen LogP contribution >= 0.6 is 0 Å². The minimum Gasteiger partial charge on any atom is -0.478 e. The van der Waals surface area contributed by atoms with Gasteiger partial charge >= 0.3 is 11.9 Å². The summed E-state index contributed by atoms with van der Waals surface area (Å²) in [6, 6.07) is 0. The second-order valence-electron chi connectivity index (χ2n) is 3.68. The number of unbranched alkanes of at least 4 members (excludes halogenated alkanes) is 3. The fraction of sp³-hybridized carbons (Fsp3) is 0.571. The second-order valence-corrected chi connectivity index (χ2v) is 3.68. The van der Waals surface area contributed by atoms with E-state index in [1.165, 1.54) is 12.8 Å². The molecule has 0 aliphatic carbocycles. The number of carbonyl (C=O) groups is 2. The van der Waals surface area contributed by atoms with Crippen LogP contribution in [0.4, 0.5) is 0 Å². The Bertz CT molecular complexity index is 269. The van der Waals surface area contributed by atoms with Crippen molar-refractivity contribution < 1.29 is 19.4 Å². The van der Waals surface area contributed by atoms with Gasteiger partial charge in [-0.15, -0.1) is 0 Å². The lowest BCUT2D eigenvalue weighted by Crippen LogP contribution is -1.98. The summed E-state index contributed by atoms with van der Waals surface area (Å²) in [4.78, 5) is 20.3. The van der Waals surface area contributed by atoms with Crippen molar-refractivity contribution in [2.75, 3.05) is 6.61 Å². The quantitative estimate of drug-likeness (QED) is 0.411. The largest absolute Gasteiger partial charge is 0.478 e. The van der Waals surface area contributed by atoms with Gasteiger partial charge in [-0.3, -0.25) is 0 Å². The molecule has 0 spiro atoms. The predicted octanol–water partition coefficient (Wildman–Crippen LogP) is 3.33. The summed E-state index contributed by atoms with van der Waals surface area (Å²) in [5, 5.41) is 8.44. The number of carboxylic acids is 1. The molecule has 0 aromatic rings. The molecule has 0 fully saturated rings. The van der Waals surface area contributed by atoms with Gasteiger partial charge in [0.05, 0.1) is 6.61 Å². The molecular weight excluding hydrogens is 232 g/mol. The molecule has 0 aromatic heterocycles. The molecule has 0 aliphatic heterocycles. The molecule has 0 radical (unpaired) electrons. The Morgan fingerprint density at radius 3 is 2.17 bits per heavy atom. The van der Waals surface area contributed by atoms with Gasteiger partial charge in [0.1, 0.15) is 0 Å². The van der Waals surface area contributed by atoms with Gasteiger partial charge in [0.25, 0.3) is 0 Å². The first-order valence-corrected chi connectivity index (χ1v) is 6.19. The van der Waals surface area contributed by atoms with E-state index in [2.05, 4.69) is 24.8 Å². The number of hydrogen-bond donors (Lipinski definition) is 1. The average molecular weight is 256 g/mol. The van der Waals surface area contributed by atoms with E-state index in [4.69, 9.17) is 5.11 Å². The molecule has 0 saturated carbocycles. The highest BCUT2D eigenvalue weighted by Gasteiger charge is 2.01. The minimum absolute atomic E-state index is 0.334. The van der Waals surface area contributed by atoms with Gasteiger partial charge < -0.3 is 9.84 Å². The number of aliphatic carboxylic acids is 1. The Labute approximate surface area is 109 Å². The maximum atomic E-state index is 10.3. The van der Waals surface area contributed by atoms with Crippen LogP contribution in [0.25, 0.3) is 0 Å². The fourth-order valence-corrected chi connectivity index (χ4v) is 1.07. The maximum Gasteiger partial charge on any atom is 0.330 e. The zero-order valence-corrected chi connectivity index (χ0v) is 11.4. The maximum absolute atomic E-state index is 10.3. The normalized spacial score (nSPS) is 8.78. The van der Waals surface area contributed by atoms with E-state index in [1.54, 1.807) is 6.92 Å². The molecular formula is C14H24O4. The summed E-state index contributed by atoms with van der Waals surface area (Å²) in [5.74, 6) is -1.22. The van der Waals surface area contributed by atoms with Crippen molar-refractivity contribution in [1.82, 2.24) is 0 Å². The first-order valence-electron chi connectivity index (χ1n) is 6.19. The molecule has 4 heteroatoms. The molecule has 0 saturated heterocycles. The van der Waals surface area contributed by atoms with Crippen LogP contribution in [-0.2, 0) is 14.3 Å². The van der Waals surface area contributed by atoms with Crippen molar-refractivity contribution in [3.05, 3.63) is 24.8 Å². The summed E-state index contributed by atoms with van der Waals surface area (Å²) < 4.78 is 4.43. The Balaban J connectivity index is 0. The lowest BCUT2D eigenvalue weighted by atomic mass is 10.1. The Kier molecular flexibility index (Phi) is 14.1. The van der Waals surface area contributed by atoms with Crippen LogP contribution in [0.2, 0.25) is 0 Å². The van der Waals surface area contributed by atoms with Gasteiger partial charge in [0.2, 0.25) is 0 Å². The number of hydrogen-bond acceptors (Lipinski definition) is 3. The van der Waals surface area contributed by atoms with E-state index in [-0.39, 0.29) is 5.97 Å². The second kappa shape index (κ2) is 13.5. The minimum atomic E-state index is -0.860. The highest BCUT2D eigenvalue weighted by atomic mass is 16.5. The van der Waals surface area contributed by atoms with Crippen LogP contribution in [-0.4, -0.2) is 23.7 Å². The molecule has 0 amide bonds.